The van der Waals surface area contributed by atoms with Crippen LogP contribution in [0.15, 0.2) is 23.2 Å². The molecule has 1 fully saturated rings. The van der Waals surface area contributed by atoms with Crippen LogP contribution in [0.1, 0.15) is 39.0 Å². The zero-order valence-electron chi connectivity index (χ0n) is 15.1. The van der Waals surface area contributed by atoms with Crippen LogP contribution >= 0.6 is 0 Å². The predicted octanol–water partition coefficient (Wildman–Crippen LogP) is 0.146. The Hall–Kier alpha value is -2.35. The number of carbonyl (C=O) groups excluding carboxylic acids is 3. The number of allylic oxidation sites excluding steroid dienone is 3. The van der Waals surface area contributed by atoms with Gasteiger partial charge in [-0.15, -0.1) is 0 Å². The minimum atomic E-state index is -1.07. The van der Waals surface area contributed by atoms with Crippen molar-refractivity contribution in [1.82, 2.24) is 15.5 Å². The number of nitrogens with one attached hydrogen (secondary N) is 2. The molecule has 3 N–H and O–H groups in total. The zero-order chi connectivity index (χ0) is 18.8. The van der Waals surface area contributed by atoms with Gasteiger partial charge < -0.3 is 25.4 Å². The zero-order valence-corrected chi connectivity index (χ0v) is 15.1. The van der Waals surface area contributed by atoms with Gasteiger partial charge in [0.1, 0.15) is 18.1 Å². The van der Waals surface area contributed by atoms with Gasteiger partial charge >= 0.3 is 5.97 Å². The topological polar surface area (TPSA) is 108 Å². The molecule has 26 heavy (non-hydrogen) atoms. The summed E-state index contributed by atoms with van der Waals surface area (Å²) in [6, 6.07) is -0.692. The number of ether oxygens (including phenoxy) is 1. The van der Waals surface area contributed by atoms with Gasteiger partial charge in [-0.2, -0.15) is 0 Å². The second-order valence-corrected chi connectivity index (χ2v) is 7.05. The molecule has 142 valence electrons. The third-order valence-corrected chi connectivity index (χ3v) is 5.21. The summed E-state index contributed by atoms with van der Waals surface area (Å²) in [6.45, 7) is 2.18. The van der Waals surface area contributed by atoms with E-state index in [1.54, 1.807) is 4.90 Å². The van der Waals surface area contributed by atoms with Crippen LogP contribution in [0, 0.1) is 5.92 Å². The summed E-state index contributed by atoms with van der Waals surface area (Å²) in [5.41, 5.74) is 2.68. The molecule has 8 heteroatoms. The number of Topliss-reactive ketones (excluding diaryl/α,β-unsaturated/α-hetero) is 2. The Morgan fingerprint density at radius 2 is 2.12 bits per heavy atom. The summed E-state index contributed by atoms with van der Waals surface area (Å²) in [4.78, 5) is 38.2. The number of aliphatic hydroxyl groups is 1. The third-order valence-electron chi connectivity index (χ3n) is 5.21. The standard InChI is InChI=1S/C18H25N3O5/c1-10-3-4-11-5-12(11)20-9-21-13(18(25)26-2)6-16(23)14(21)8-19-17(24)7-15(10)22/h8,10,13,17,19-20,24H,3-7,9H2,1-2H3/b14-8-/t10?,13-,17+/m0/s1. The van der Waals surface area contributed by atoms with Crippen molar-refractivity contribution in [2.24, 2.45) is 5.92 Å². The van der Waals surface area contributed by atoms with E-state index in [0.29, 0.717) is 12.4 Å². The van der Waals surface area contributed by atoms with E-state index in [-0.39, 0.29) is 30.3 Å². The first kappa shape index (κ1) is 18.4. The third kappa shape index (κ3) is 3.90. The number of hydrogen-bond donors (Lipinski definition) is 3. The first-order valence-electron chi connectivity index (χ1n) is 8.90. The Kier molecular flexibility index (Phi) is 5.31. The summed E-state index contributed by atoms with van der Waals surface area (Å²) < 4.78 is 4.81. The molecule has 3 atom stereocenters. The fourth-order valence-corrected chi connectivity index (χ4v) is 3.38. The average Bonchev–Trinajstić information content (AvgIpc) is 3.29. The van der Waals surface area contributed by atoms with Crippen molar-refractivity contribution >= 4 is 17.5 Å². The molecule has 0 radical (unpaired) electrons. The number of carbonyl (C=O) groups is 3. The highest BCUT2D eigenvalue weighted by atomic mass is 16.5. The van der Waals surface area contributed by atoms with E-state index in [2.05, 4.69) is 10.6 Å². The Morgan fingerprint density at radius 3 is 2.85 bits per heavy atom. The first-order valence-corrected chi connectivity index (χ1v) is 8.90. The van der Waals surface area contributed by atoms with Crippen LogP contribution in [0.5, 0.6) is 0 Å². The first-order chi connectivity index (χ1) is 12.4. The van der Waals surface area contributed by atoms with Crippen molar-refractivity contribution in [2.45, 2.75) is 51.3 Å². The van der Waals surface area contributed by atoms with Crippen LogP contribution in [0.25, 0.3) is 0 Å². The van der Waals surface area contributed by atoms with Gasteiger partial charge in [-0.1, -0.05) is 6.92 Å². The van der Waals surface area contributed by atoms with Gasteiger partial charge in [-0.3, -0.25) is 9.59 Å². The van der Waals surface area contributed by atoms with Crippen molar-refractivity contribution in [1.29, 1.82) is 0 Å². The Bertz CT molecular complexity index is 684. The molecule has 1 saturated heterocycles. The second kappa shape index (κ2) is 7.49. The smallest absolute Gasteiger partial charge is 0.329 e. The number of fused-ring (bicyclic) bond motifs is 1. The van der Waals surface area contributed by atoms with Gasteiger partial charge in [0, 0.05) is 30.7 Å². The molecule has 3 rings (SSSR count). The molecule has 0 aromatic rings. The maximum Gasteiger partial charge on any atom is 0.329 e. The Balaban J connectivity index is 1.83. The number of methoxy groups -OCH3 is 1. The average molecular weight is 363 g/mol. The highest BCUT2D eigenvalue weighted by molar-refractivity contribution is 6.01. The summed E-state index contributed by atoms with van der Waals surface area (Å²) >= 11 is 0. The number of hydrogen-bond acceptors (Lipinski definition) is 8. The lowest BCUT2D eigenvalue weighted by atomic mass is 9.97. The van der Waals surface area contributed by atoms with Crippen LogP contribution in [-0.4, -0.2) is 53.6 Å². The van der Waals surface area contributed by atoms with E-state index >= 15 is 0 Å². The second-order valence-electron chi connectivity index (χ2n) is 7.05. The molecule has 1 aliphatic carbocycles. The van der Waals surface area contributed by atoms with E-state index < -0.39 is 18.2 Å². The number of nitrogens with zero attached hydrogens (tertiary/aromatic N) is 1. The predicted molar refractivity (Wildman–Crippen MR) is 92.2 cm³/mol. The Labute approximate surface area is 152 Å². The van der Waals surface area contributed by atoms with Gasteiger partial charge in [-0.05, 0) is 18.4 Å². The van der Waals surface area contributed by atoms with E-state index in [4.69, 9.17) is 4.74 Å². The summed E-state index contributed by atoms with van der Waals surface area (Å²) in [7, 11) is 1.29. The monoisotopic (exact) mass is 363 g/mol. The highest BCUT2D eigenvalue weighted by Crippen LogP contribution is 2.34. The van der Waals surface area contributed by atoms with Crippen LogP contribution < -0.4 is 10.6 Å². The summed E-state index contributed by atoms with van der Waals surface area (Å²) in [5, 5.41) is 16.1. The molecule has 2 heterocycles. The summed E-state index contributed by atoms with van der Waals surface area (Å²) in [6.07, 6.45) is 2.77. The van der Waals surface area contributed by atoms with Crippen molar-refractivity contribution in [2.75, 3.05) is 13.8 Å². The lowest BCUT2D eigenvalue weighted by molar-refractivity contribution is -0.145. The van der Waals surface area contributed by atoms with Gasteiger partial charge in [0.2, 0.25) is 0 Å². The van der Waals surface area contributed by atoms with Crippen LogP contribution in [0.4, 0.5) is 0 Å². The van der Waals surface area contributed by atoms with Crippen molar-refractivity contribution in [3.8, 4) is 0 Å². The van der Waals surface area contributed by atoms with E-state index in [9.17, 15) is 19.5 Å². The van der Waals surface area contributed by atoms with E-state index in [0.717, 1.165) is 25.0 Å². The van der Waals surface area contributed by atoms with Crippen LogP contribution in [0.2, 0.25) is 0 Å². The molecule has 0 amide bonds. The number of aliphatic hydroxyl groups excluding tert-OH is 1. The van der Waals surface area contributed by atoms with Crippen molar-refractivity contribution in [3.05, 3.63) is 23.2 Å². The fraction of sp³-hybridized carbons (Fsp3) is 0.611. The fourth-order valence-electron chi connectivity index (χ4n) is 3.38. The largest absolute Gasteiger partial charge is 0.467 e. The molecular weight excluding hydrogens is 338 g/mol. The molecule has 8 nitrogen and oxygen atoms in total. The normalized spacial score (nSPS) is 31.7. The van der Waals surface area contributed by atoms with E-state index in [1.807, 2.05) is 6.92 Å². The molecule has 0 spiro atoms. The van der Waals surface area contributed by atoms with Gasteiger partial charge in [0.25, 0.3) is 0 Å². The number of esters is 1. The lowest BCUT2D eigenvalue weighted by Crippen LogP contribution is -2.41. The molecular formula is C18H25N3O5. The molecule has 3 aliphatic rings. The van der Waals surface area contributed by atoms with Gasteiger partial charge in [-0.25, -0.2) is 4.79 Å². The number of rotatable bonds is 1. The highest BCUT2D eigenvalue weighted by Gasteiger charge is 2.40. The van der Waals surface area contributed by atoms with Crippen LogP contribution in [-0.2, 0) is 19.1 Å². The van der Waals surface area contributed by atoms with Gasteiger partial charge in [0.05, 0.1) is 25.9 Å². The molecule has 0 saturated carbocycles. The Morgan fingerprint density at radius 1 is 1.35 bits per heavy atom. The maximum absolute atomic E-state index is 12.3. The van der Waals surface area contributed by atoms with E-state index in [1.165, 1.54) is 18.9 Å². The number of ketones is 2. The van der Waals surface area contributed by atoms with Gasteiger partial charge in [0.15, 0.2) is 5.78 Å². The maximum atomic E-state index is 12.3. The molecule has 0 aromatic carbocycles. The van der Waals surface area contributed by atoms with Crippen molar-refractivity contribution < 1.29 is 24.2 Å². The summed E-state index contributed by atoms with van der Waals surface area (Å²) in [5.74, 6) is -0.819. The quantitative estimate of drug-likeness (QED) is 0.565. The molecule has 2 aliphatic heterocycles. The minimum absolute atomic E-state index is 0.0155. The molecule has 1 unspecified atom stereocenters. The van der Waals surface area contributed by atoms with Crippen LogP contribution in [0.3, 0.4) is 0 Å². The molecule has 0 aromatic heterocycles. The minimum Gasteiger partial charge on any atom is -0.467 e. The molecule has 0 bridgehead atoms. The van der Waals surface area contributed by atoms with Crippen molar-refractivity contribution in [3.63, 3.8) is 0 Å². The lowest BCUT2D eigenvalue weighted by Gasteiger charge is -2.25. The SMILES string of the molecule is COC(=O)[C@@H]1CC(=O)/C2=C/N[C@H](O)CC(=O)C(C)CCC3=C(C3)NCN21.